The van der Waals surface area contributed by atoms with Crippen LogP contribution in [0.2, 0.25) is 0 Å². The first-order chi connectivity index (χ1) is 8.72. The lowest BCUT2D eigenvalue weighted by molar-refractivity contribution is 0.277. The van der Waals surface area contributed by atoms with E-state index in [1.165, 1.54) is 11.1 Å². The van der Waals surface area contributed by atoms with Gasteiger partial charge in [-0.1, -0.05) is 48.5 Å². The highest BCUT2D eigenvalue weighted by Crippen LogP contribution is 2.19. The molecule has 1 heterocycles. The van der Waals surface area contributed by atoms with Crippen LogP contribution in [0.15, 0.2) is 35.6 Å². The first kappa shape index (κ1) is 13.2. The minimum Gasteiger partial charge on any atom is -0.390 e. The third-order valence-corrected chi connectivity index (χ3v) is 3.57. The molecule has 0 fully saturated rings. The molecule has 0 saturated heterocycles. The van der Waals surface area contributed by atoms with E-state index >= 15 is 0 Å². The van der Waals surface area contributed by atoms with Crippen molar-refractivity contribution in [2.24, 2.45) is 0 Å². The lowest BCUT2D eigenvalue weighted by Crippen LogP contribution is -2.00. The third-order valence-electron chi connectivity index (χ3n) is 2.70. The number of hydrogen-bond donors (Lipinski definition) is 1. The predicted molar refractivity (Wildman–Crippen MR) is 74.8 cm³/mol. The van der Waals surface area contributed by atoms with Gasteiger partial charge in [0.1, 0.15) is 0 Å². The Morgan fingerprint density at radius 2 is 2.00 bits per heavy atom. The van der Waals surface area contributed by atoms with E-state index < -0.39 is 0 Å². The van der Waals surface area contributed by atoms with Crippen molar-refractivity contribution in [2.45, 2.75) is 32.2 Å². The molecule has 0 aliphatic heterocycles. The zero-order chi connectivity index (χ0) is 13.0. The summed E-state index contributed by atoms with van der Waals surface area (Å²) in [5.74, 6) is 0.982. The van der Waals surface area contributed by atoms with Crippen LogP contribution in [-0.4, -0.2) is 20.4 Å². The van der Waals surface area contributed by atoms with E-state index in [2.05, 4.69) is 47.7 Å². The summed E-state index contributed by atoms with van der Waals surface area (Å²) >= 11 is 1.70. The van der Waals surface area contributed by atoms with E-state index in [4.69, 9.17) is 5.11 Å². The second-order valence-electron chi connectivity index (χ2n) is 4.22. The molecule has 3 nitrogen and oxygen atoms in total. The molecule has 0 amide bonds. The number of aromatic nitrogens is 2. The van der Waals surface area contributed by atoms with Crippen LogP contribution in [-0.2, 0) is 13.2 Å². The summed E-state index contributed by atoms with van der Waals surface area (Å²) in [4.78, 5) is 4.41. The zero-order valence-corrected chi connectivity index (χ0v) is 11.6. The molecule has 18 heavy (non-hydrogen) atoms. The van der Waals surface area contributed by atoms with Crippen LogP contribution in [0.1, 0.15) is 23.7 Å². The number of hydrogen-bond acceptors (Lipinski definition) is 3. The van der Waals surface area contributed by atoms with Gasteiger partial charge in [0.2, 0.25) is 0 Å². The van der Waals surface area contributed by atoms with Gasteiger partial charge in [-0.25, -0.2) is 4.98 Å². The Bertz CT molecular complexity index is 505. The number of rotatable bonds is 5. The van der Waals surface area contributed by atoms with Crippen molar-refractivity contribution in [3.63, 3.8) is 0 Å². The van der Waals surface area contributed by atoms with E-state index in [9.17, 15) is 0 Å². The maximum absolute atomic E-state index is 9.16. The number of benzene rings is 1. The third kappa shape index (κ3) is 3.15. The Kier molecular flexibility index (Phi) is 4.44. The average molecular weight is 262 g/mol. The Morgan fingerprint density at radius 3 is 2.61 bits per heavy atom. The number of imidazole rings is 1. The van der Waals surface area contributed by atoms with Gasteiger partial charge in [-0.05, 0) is 18.2 Å². The molecule has 0 bridgehead atoms. The van der Waals surface area contributed by atoms with Crippen molar-refractivity contribution in [3.05, 3.63) is 47.3 Å². The Morgan fingerprint density at radius 1 is 1.28 bits per heavy atom. The summed E-state index contributed by atoms with van der Waals surface area (Å²) in [6.45, 7) is 4.99. The molecule has 0 unspecified atom stereocenters. The molecule has 0 radical (unpaired) electrons. The van der Waals surface area contributed by atoms with Crippen LogP contribution >= 0.6 is 11.8 Å². The van der Waals surface area contributed by atoms with Gasteiger partial charge in [-0.15, -0.1) is 0 Å². The molecule has 0 atom stereocenters. The summed E-state index contributed by atoms with van der Waals surface area (Å²) in [6, 6.07) is 8.50. The maximum atomic E-state index is 9.16. The van der Waals surface area contributed by atoms with Crippen molar-refractivity contribution in [1.82, 2.24) is 9.55 Å². The Balaban J connectivity index is 2.21. The molecule has 0 aliphatic carbocycles. The minimum absolute atomic E-state index is 0.00181. The molecule has 0 aliphatic rings. The van der Waals surface area contributed by atoms with Gasteiger partial charge in [-0.2, -0.15) is 0 Å². The monoisotopic (exact) mass is 262 g/mol. The zero-order valence-electron chi connectivity index (χ0n) is 10.8. The highest BCUT2D eigenvalue weighted by Gasteiger charge is 2.07. The van der Waals surface area contributed by atoms with E-state index in [-0.39, 0.29) is 6.61 Å². The second kappa shape index (κ2) is 6.07. The standard InChI is InChI=1S/C14H18N2OS/c1-3-18-14-15-13(10-17)9-16(14)8-12-6-4-11(2)5-7-12/h4-7,9,17H,3,8,10H2,1-2H3. The van der Waals surface area contributed by atoms with Crippen LogP contribution in [0.3, 0.4) is 0 Å². The van der Waals surface area contributed by atoms with Gasteiger partial charge in [0, 0.05) is 12.7 Å². The quantitative estimate of drug-likeness (QED) is 0.842. The summed E-state index contributed by atoms with van der Waals surface area (Å²) < 4.78 is 2.10. The second-order valence-corrected chi connectivity index (χ2v) is 5.45. The normalized spacial score (nSPS) is 10.8. The maximum Gasteiger partial charge on any atom is 0.168 e. The molecular weight excluding hydrogens is 244 g/mol. The molecule has 2 aromatic rings. The fourth-order valence-corrected chi connectivity index (χ4v) is 2.50. The summed E-state index contributed by atoms with van der Waals surface area (Å²) in [5.41, 5.74) is 3.25. The highest BCUT2D eigenvalue weighted by molar-refractivity contribution is 7.99. The summed E-state index contributed by atoms with van der Waals surface area (Å²) in [7, 11) is 0. The minimum atomic E-state index is -0.00181. The first-order valence-electron chi connectivity index (χ1n) is 6.08. The van der Waals surface area contributed by atoms with Crippen LogP contribution in [0.5, 0.6) is 0 Å². The number of aryl methyl sites for hydroxylation is 1. The molecule has 1 aromatic carbocycles. The van der Waals surface area contributed by atoms with Crippen molar-refractivity contribution in [2.75, 3.05) is 5.75 Å². The molecule has 0 spiro atoms. The Hall–Kier alpha value is -1.26. The first-order valence-corrected chi connectivity index (χ1v) is 7.06. The summed E-state index contributed by atoms with van der Waals surface area (Å²) in [5, 5.41) is 10.1. The van der Waals surface area contributed by atoms with Crippen molar-refractivity contribution < 1.29 is 5.11 Å². The summed E-state index contributed by atoms with van der Waals surface area (Å²) in [6.07, 6.45) is 1.93. The van der Waals surface area contributed by atoms with E-state index in [0.717, 1.165) is 23.1 Å². The lowest BCUT2D eigenvalue weighted by Gasteiger charge is -2.06. The van der Waals surface area contributed by atoms with E-state index in [0.29, 0.717) is 0 Å². The lowest BCUT2D eigenvalue weighted by atomic mass is 10.1. The van der Waals surface area contributed by atoms with Gasteiger partial charge in [-0.3, -0.25) is 0 Å². The van der Waals surface area contributed by atoms with Crippen LogP contribution < -0.4 is 0 Å². The molecule has 96 valence electrons. The number of aliphatic hydroxyl groups excluding tert-OH is 1. The fraction of sp³-hybridized carbons (Fsp3) is 0.357. The van der Waals surface area contributed by atoms with Crippen molar-refractivity contribution in [3.8, 4) is 0 Å². The smallest absolute Gasteiger partial charge is 0.168 e. The van der Waals surface area contributed by atoms with Crippen LogP contribution in [0, 0.1) is 6.92 Å². The van der Waals surface area contributed by atoms with Gasteiger partial charge < -0.3 is 9.67 Å². The SMILES string of the molecule is CCSc1nc(CO)cn1Cc1ccc(C)cc1. The number of aliphatic hydroxyl groups is 1. The predicted octanol–water partition coefficient (Wildman–Crippen LogP) is 2.84. The largest absolute Gasteiger partial charge is 0.390 e. The van der Waals surface area contributed by atoms with Crippen LogP contribution in [0.4, 0.5) is 0 Å². The van der Waals surface area contributed by atoms with Crippen LogP contribution in [0.25, 0.3) is 0 Å². The molecule has 1 aromatic heterocycles. The molecule has 4 heteroatoms. The van der Waals surface area contributed by atoms with E-state index in [1.807, 2.05) is 6.20 Å². The molecular formula is C14H18N2OS. The van der Waals surface area contributed by atoms with E-state index in [1.54, 1.807) is 11.8 Å². The Labute approximate surface area is 112 Å². The highest BCUT2D eigenvalue weighted by atomic mass is 32.2. The molecule has 2 rings (SSSR count). The number of nitrogens with zero attached hydrogens (tertiary/aromatic N) is 2. The topological polar surface area (TPSA) is 38.1 Å². The van der Waals surface area contributed by atoms with Gasteiger partial charge >= 0.3 is 0 Å². The number of thioether (sulfide) groups is 1. The van der Waals surface area contributed by atoms with Gasteiger partial charge in [0.15, 0.2) is 5.16 Å². The average Bonchev–Trinajstić information content (AvgIpc) is 2.75. The van der Waals surface area contributed by atoms with Gasteiger partial charge in [0.25, 0.3) is 0 Å². The van der Waals surface area contributed by atoms with Crippen molar-refractivity contribution >= 4 is 11.8 Å². The van der Waals surface area contributed by atoms with Gasteiger partial charge in [0.05, 0.1) is 12.3 Å². The fourth-order valence-electron chi connectivity index (χ4n) is 1.77. The molecule has 0 saturated carbocycles. The molecule has 1 N–H and O–H groups in total. The van der Waals surface area contributed by atoms with Crippen molar-refractivity contribution in [1.29, 1.82) is 0 Å².